The van der Waals surface area contributed by atoms with E-state index in [-0.39, 0.29) is 6.10 Å². The van der Waals surface area contributed by atoms with E-state index in [2.05, 4.69) is 5.32 Å². The fraction of sp³-hybridized carbons (Fsp3) is 0.786. The van der Waals surface area contributed by atoms with Crippen molar-refractivity contribution in [1.29, 1.82) is 0 Å². The second kappa shape index (κ2) is 7.06. The molecule has 8 nitrogen and oxygen atoms in total. The number of nitrogens with two attached hydrogens (primary N) is 1. The third-order valence-electron chi connectivity index (χ3n) is 3.94. The van der Waals surface area contributed by atoms with Gasteiger partial charge in [-0.15, -0.1) is 0 Å². The first-order valence-corrected chi connectivity index (χ1v) is 7.51. The van der Waals surface area contributed by atoms with Gasteiger partial charge in [-0.3, -0.25) is 9.59 Å². The maximum atomic E-state index is 12.1. The normalized spacial score (nSPS) is 20.3. The Balaban J connectivity index is 1.85. The van der Waals surface area contributed by atoms with Crippen molar-refractivity contribution >= 4 is 17.8 Å². The number of aliphatic carboxylic acids is 1. The first-order chi connectivity index (χ1) is 10.4. The molecule has 0 aromatic heterocycles. The standard InChI is InChI=1S/C14H22N2O6/c15-9(5-11(18)19)13(20)16-10(6-17)14(21)22-12(7-1-2-7)8-3-4-8/h7-10,12,17H,1-6,15H2,(H,16,20)(H,18,19)/t9-,10+/m0/s1. The monoisotopic (exact) mass is 314 g/mol. The SMILES string of the molecule is N[C@@H](CC(=O)O)C(=O)N[C@H](CO)C(=O)OC(C1CC1)C1CC1. The van der Waals surface area contributed by atoms with E-state index in [1.165, 1.54) is 0 Å². The van der Waals surface area contributed by atoms with Crippen molar-refractivity contribution in [3.8, 4) is 0 Å². The number of aliphatic hydroxyl groups excluding tert-OH is 1. The quantitative estimate of drug-likeness (QED) is 0.400. The lowest BCUT2D eigenvalue weighted by Crippen LogP contribution is -2.51. The highest BCUT2D eigenvalue weighted by atomic mass is 16.5. The summed E-state index contributed by atoms with van der Waals surface area (Å²) in [4.78, 5) is 34.3. The molecule has 2 atom stereocenters. The molecule has 2 aliphatic carbocycles. The van der Waals surface area contributed by atoms with Gasteiger partial charge in [0.15, 0.2) is 6.04 Å². The van der Waals surface area contributed by atoms with Gasteiger partial charge in [-0.2, -0.15) is 0 Å². The fourth-order valence-electron chi connectivity index (χ4n) is 2.38. The van der Waals surface area contributed by atoms with Crippen LogP contribution < -0.4 is 11.1 Å². The zero-order valence-corrected chi connectivity index (χ0v) is 12.2. The molecule has 1 amide bonds. The van der Waals surface area contributed by atoms with Crippen LogP contribution in [0.1, 0.15) is 32.1 Å². The Labute approximate surface area is 128 Å². The molecule has 22 heavy (non-hydrogen) atoms. The van der Waals surface area contributed by atoms with Gasteiger partial charge in [-0.1, -0.05) is 0 Å². The number of rotatable bonds is 9. The van der Waals surface area contributed by atoms with Gasteiger partial charge in [-0.25, -0.2) is 4.79 Å². The third kappa shape index (κ3) is 4.67. The van der Waals surface area contributed by atoms with Crippen molar-refractivity contribution in [2.24, 2.45) is 17.6 Å². The highest BCUT2D eigenvalue weighted by molar-refractivity contribution is 5.89. The van der Waals surface area contributed by atoms with Crippen LogP contribution in [-0.2, 0) is 19.1 Å². The molecule has 0 bridgehead atoms. The molecule has 0 heterocycles. The number of carboxylic acids is 1. The number of ether oxygens (including phenoxy) is 1. The van der Waals surface area contributed by atoms with Crippen LogP contribution in [0.15, 0.2) is 0 Å². The molecule has 2 saturated carbocycles. The number of carbonyl (C=O) groups excluding carboxylic acids is 2. The third-order valence-corrected chi connectivity index (χ3v) is 3.94. The van der Waals surface area contributed by atoms with E-state index in [4.69, 9.17) is 15.6 Å². The topological polar surface area (TPSA) is 139 Å². The molecule has 124 valence electrons. The number of nitrogens with one attached hydrogen (secondary N) is 1. The number of carboxylic acid groups (broad SMARTS) is 1. The maximum Gasteiger partial charge on any atom is 0.331 e. The Hall–Kier alpha value is -1.67. The Morgan fingerprint density at radius 2 is 1.73 bits per heavy atom. The largest absolute Gasteiger partial charge is 0.481 e. The van der Waals surface area contributed by atoms with Gasteiger partial charge >= 0.3 is 11.9 Å². The van der Waals surface area contributed by atoms with Crippen LogP contribution in [0.5, 0.6) is 0 Å². The molecule has 0 aromatic rings. The van der Waals surface area contributed by atoms with Crippen LogP contribution in [0.4, 0.5) is 0 Å². The van der Waals surface area contributed by atoms with E-state index in [0.717, 1.165) is 25.7 Å². The van der Waals surface area contributed by atoms with Gasteiger partial charge in [0.1, 0.15) is 6.10 Å². The number of esters is 1. The summed E-state index contributed by atoms with van der Waals surface area (Å²) < 4.78 is 5.44. The van der Waals surface area contributed by atoms with Crippen molar-refractivity contribution in [1.82, 2.24) is 5.32 Å². The lowest BCUT2D eigenvalue weighted by atomic mass is 10.1. The molecular formula is C14H22N2O6. The van der Waals surface area contributed by atoms with Crippen molar-refractivity contribution in [2.75, 3.05) is 6.61 Å². The molecule has 0 aliphatic heterocycles. The Morgan fingerprint density at radius 3 is 2.14 bits per heavy atom. The van der Waals surface area contributed by atoms with Crippen LogP contribution in [-0.4, -0.2) is 52.9 Å². The van der Waals surface area contributed by atoms with Crippen molar-refractivity contribution in [2.45, 2.75) is 50.3 Å². The molecule has 8 heteroatoms. The molecule has 0 aromatic carbocycles. The predicted molar refractivity (Wildman–Crippen MR) is 74.6 cm³/mol. The fourth-order valence-corrected chi connectivity index (χ4v) is 2.38. The number of amides is 1. The Kier molecular flexibility index (Phi) is 5.36. The minimum Gasteiger partial charge on any atom is -0.481 e. The van der Waals surface area contributed by atoms with Crippen molar-refractivity contribution in [3.63, 3.8) is 0 Å². The van der Waals surface area contributed by atoms with Gasteiger partial charge in [0.05, 0.1) is 19.1 Å². The summed E-state index contributed by atoms with van der Waals surface area (Å²) in [7, 11) is 0. The minimum absolute atomic E-state index is 0.133. The van der Waals surface area contributed by atoms with Crippen LogP contribution in [0.3, 0.4) is 0 Å². The van der Waals surface area contributed by atoms with Crippen molar-refractivity contribution in [3.05, 3.63) is 0 Å². The summed E-state index contributed by atoms with van der Waals surface area (Å²) in [5, 5.41) is 20.1. The second-order valence-electron chi connectivity index (χ2n) is 6.02. The van der Waals surface area contributed by atoms with Crippen LogP contribution >= 0.6 is 0 Å². The lowest BCUT2D eigenvalue weighted by Gasteiger charge is -2.22. The molecule has 0 spiro atoms. The van der Waals surface area contributed by atoms with E-state index < -0.39 is 43.0 Å². The van der Waals surface area contributed by atoms with Crippen LogP contribution in [0.2, 0.25) is 0 Å². The van der Waals surface area contributed by atoms with E-state index in [1.54, 1.807) is 0 Å². The van der Waals surface area contributed by atoms with Crippen LogP contribution in [0, 0.1) is 11.8 Å². The number of aliphatic hydroxyl groups is 1. The number of carbonyl (C=O) groups is 3. The first kappa shape index (κ1) is 16.7. The summed E-state index contributed by atoms with van der Waals surface area (Å²) in [6.07, 6.45) is 3.46. The summed E-state index contributed by atoms with van der Waals surface area (Å²) in [5.41, 5.74) is 5.41. The average Bonchev–Trinajstić information content (AvgIpc) is 3.33. The highest BCUT2D eigenvalue weighted by Crippen LogP contribution is 2.46. The Bertz CT molecular complexity index is 435. The lowest BCUT2D eigenvalue weighted by molar-refractivity contribution is -0.156. The number of hydrogen-bond acceptors (Lipinski definition) is 6. The summed E-state index contributed by atoms with van der Waals surface area (Å²) >= 11 is 0. The predicted octanol–water partition coefficient (Wildman–Crippen LogP) is -1.00. The molecule has 0 radical (unpaired) electrons. The van der Waals surface area contributed by atoms with E-state index >= 15 is 0 Å². The Morgan fingerprint density at radius 1 is 1.18 bits per heavy atom. The molecule has 2 fully saturated rings. The number of hydrogen-bond donors (Lipinski definition) is 4. The average molecular weight is 314 g/mol. The van der Waals surface area contributed by atoms with Crippen LogP contribution in [0.25, 0.3) is 0 Å². The van der Waals surface area contributed by atoms with Crippen molar-refractivity contribution < 1.29 is 29.3 Å². The summed E-state index contributed by atoms with van der Waals surface area (Å²) in [5.74, 6) is -1.93. The second-order valence-corrected chi connectivity index (χ2v) is 6.02. The van der Waals surface area contributed by atoms with Gasteiger partial charge in [-0.05, 0) is 37.5 Å². The molecule has 2 aliphatic rings. The summed E-state index contributed by atoms with van der Waals surface area (Å²) in [6.45, 7) is -0.619. The van der Waals surface area contributed by atoms with Gasteiger partial charge in [0, 0.05) is 0 Å². The van der Waals surface area contributed by atoms with Gasteiger partial charge in [0.2, 0.25) is 5.91 Å². The van der Waals surface area contributed by atoms with Gasteiger partial charge < -0.3 is 26.0 Å². The summed E-state index contributed by atoms with van der Waals surface area (Å²) in [6, 6.07) is -2.49. The molecule has 5 N–H and O–H groups in total. The maximum absolute atomic E-state index is 12.1. The zero-order valence-electron chi connectivity index (χ0n) is 12.2. The first-order valence-electron chi connectivity index (χ1n) is 7.51. The zero-order chi connectivity index (χ0) is 16.3. The van der Waals surface area contributed by atoms with E-state index in [0.29, 0.717) is 11.8 Å². The molecule has 2 rings (SSSR count). The minimum atomic E-state index is -1.28. The smallest absolute Gasteiger partial charge is 0.331 e. The van der Waals surface area contributed by atoms with Gasteiger partial charge in [0.25, 0.3) is 0 Å². The highest BCUT2D eigenvalue weighted by Gasteiger charge is 2.44. The molecular weight excluding hydrogens is 292 g/mol. The molecule has 0 unspecified atom stereocenters. The molecule has 0 saturated heterocycles. The van der Waals surface area contributed by atoms with E-state index in [9.17, 15) is 19.5 Å². The van der Waals surface area contributed by atoms with E-state index in [1.807, 2.05) is 0 Å².